The maximum Gasteiger partial charge on any atom is 0.307 e. The number of esters is 1. The van der Waals surface area contributed by atoms with Gasteiger partial charge in [0.05, 0.1) is 27.6 Å². The quantitative estimate of drug-likeness (QED) is 0.0771. The van der Waals surface area contributed by atoms with Gasteiger partial charge in [-0.25, -0.2) is 0 Å². The van der Waals surface area contributed by atoms with Crippen LogP contribution in [0.1, 0.15) is 103 Å². The van der Waals surface area contributed by atoms with Gasteiger partial charge in [-0.2, -0.15) is 0 Å². The molecule has 0 aromatic heterocycles. The SMILES string of the molecule is CC/C=C/C/C=C/C/C=C/CCCCCCCCCCCC(=O)OC(CC(=O)O)C[N+](C)(C)C. The number of ether oxygens (including phenoxy) is 1. The van der Waals surface area contributed by atoms with Gasteiger partial charge in [0, 0.05) is 6.42 Å². The van der Waals surface area contributed by atoms with E-state index in [0.29, 0.717) is 17.4 Å². The van der Waals surface area contributed by atoms with E-state index in [9.17, 15) is 9.59 Å². The Morgan fingerprint density at radius 2 is 1.26 bits per heavy atom. The average molecular weight is 479 g/mol. The fourth-order valence-corrected chi connectivity index (χ4v) is 3.79. The van der Waals surface area contributed by atoms with Gasteiger partial charge in [0.2, 0.25) is 0 Å². The van der Waals surface area contributed by atoms with E-state index in [2.05, 4.69) is 43.4 Å². The summed E-state index contributed by atoms with van der Waals surface area (Å²) in [6.07, 6.45) is 28.2. The van der Waals surface area contributed by atoms with Crippen LogP contribution in [0.25, 0.3) is 0 Å². The first-order valence-corrected chi connectivity index (χ1v) is 13.4. The lowest BCUT2D eigenvalue weighted by atomic mass is 10.1. The van der Waals surface area contributed by atoms with Gasteiger partial charge in [-0.1, -0.05) is 88.3 Å². The number of nitrogens with zero attached hydrogens (tertiary/aromatic N) is 1. The van der Waals surface area contributed by atoms with Gasteiger partial charge in [0.25, 0.3) is 0 Å². The minimum absolute atomic E-state index is 0.133. The number of carboxylic acids is 1. The molecule has 0 aromatic carbocycles. The van der Waals surface area contributed by atoms with Crippen LogP contribution in [0.3, 0.4) is 0 Å². The van der Waals surface area contributed by atoms with E-state index in [1.54, 1.807) is 0 Å². The Labute approximate surface area is 209 Å². The maximum atomic E-state index is 12.1. The Morgan fingerprint density at radius 1 is 0.765 bits per heavy atom. The monoisotopic (exact) mass is 478 g/mol. The van der Waals surface area contributed by atoms with Crippen LogP contribution in [0, 0.1) is 0 Å². The molecule has 0 rings (SSSR count). The largest absolute Gasteiger partial charge is 0.481 e. The molecule has 0 amide bonds. The normalized spacial score (nSPS) is 13.3. The van der Waals surface area contributed by atoms with Crippen molar-refractivity contribution in [3.63, 3.8) is 0 Å². The summed E-state index contributed by atoms with van der Waals surface area (Å²) in [6.45, 7) is 2.66. The van der Waals surface area contributed by atoms with E-state index >= 15 is 0 Å². The molecule has 5 nitrogen and oxygen atoms in total. The zero-order valence-corrected chi connectivity index (χ0v) is 22.5. The molecule has 1 N–H and O–H groups in total. The fraction of sp³-hybridized carbons (Fsp3) is 0.724. The highest BCUT2D eigenvalue weighted by Gasteiger charge is 2.24. The lowest BCUT2D eigenvalue weighted by Crippen LogP contribution is -2.43. The molecule has 0 aliphatic carbocycles. The Balaban J connectivity index is 3.59. The van der Waals surface area contributed by atoms with E-state index < -0.39 is 12.1 Å². The number of carbonyl (C=O) groups is 2. The predicted octanol–water partition coefficient (Wildman–Crippen LogP) is 7.23. The zero-order chi connectivity index (χ0) is 25.5. The van der Waals surface area contributed by atoms with Crippen molar-refractivity contribution in [1.82, 2.24) is 0 Å². The van der Waals surface area contributed by atoms with Gasteiger partial charge in [-0.05, 0) is 38.5 Å². The average Bonchev–Trinajstić information content (AvgIpc) is 2.73. The third-order valence-corrected chi connectivity index (χ3v) is 5.48. The van der Waals surface area contributed by atoms with E-state index in [0.717, 1.165) is 38.5 Å². The van der Waals surface area contributed by atoms with Crippen molar-refractivity contribution in [3.8, 4) is 0 Å². The molecule has 0 spiro atoms. The second-order valence-corrected chi connectivity index (χ2v) is 10.2. The molecule has 0 saturated carbocycles. The number of hydrogen-bond acceptors (Lipinski definition) is 3. The molecule has 1 unspecified atom stereocenters. The van der Waals surface area contributed by atoms with Crippen LogP contribution in [0.5, 0.6) is 0 Å². The summed E-state index contributed by atoms with van der Waals surface area (Å²) in [7, 11) is 5.90. The van der Waals surface area contributed by atoms with Crippen LogP contribution in [0.15, 0.2) is 36.5 Å². The lowest BCUT2D eigenvalue weighted by Gasteiger charge is -2.28. The molecule has 0 bridgehead atoms. The highest BCUT2D eigenvalue weighted by molar-refractivity contribution is 5.71. The molecular weight excluding hydrogens is 426 g/mol. The van der Waals surface area contributed by atoms with E-state index in [4.69, 9.17) is 9.84 Å². The Hall–Kier alpha value is -1.88. The number of rotatable bonds is 22. The number of aliphatic carboxylic acids is 1. The molecule has 1 atom stereocenters. The second kappa shape index (κ2) is 21.6. The van der Waals surface area contributed by atoms with Crippen molar-refractivity contribution in [2.45, 2.75) is 109 Å². The Bertz CT molecular complexity index is 602. The topological polar surface area (TPSA) is 63.6 Å². The third-order valence-electron chi connectivity index (χ3n) is 5.48. The van der Waals surface area contributed by atoms with E-state index in [1.807, 2.05) is 21.1 Å². The summed E-state index contributed by atoms with van der Waals surface area (Å²) in [5, 5.41) is 9.03. The van der Waals surface area contributed by atoms with Crippen molar-refractivity contribution in [2.24, 2.45) is 0 Å². The van der Waals surface area contributed by atoms with Gasteiger partial charge in [-0.15, -0.1) is 0 Å². The van der Waals surface area contributed by atoms with Crippen LogP contribution < -0.4 is 0 Å². The molecule has 196 valence electrons. The van der Waals surface area contributed by atoms with Crippen LogP contribution in [0.4, 0.5) is 0 Å². The van der Waals surface area contributed by atoms with Crippen molar-refractivity contribution < 1.29 is 23.9 Å². The third kappa shape index (κ3) is 24.8. The van der Waals surface area contributed by atoms with Crippen LogP contribution in [-0.2, 0) is 14.3 Å². The van der Waals surface area contributed by atoms with Crippen LogP contribution in [-0.4, -0.2) is 55.3 Å². The minimum Gasteiger partial charge on any atom is -0.481 e. The molecular formula is C29H52NO4+. The van der Waals surface area contributed by atoms with Crippen LogP contribution in [0.2, 0.25) is 0 Å². The summed E-state index contributed by atoms with van der Waals surface area (Å²) in [4.78, 5) is 23.1. The summed E-state index contributed by atoms with van der Waals surface area (Å²) in [6, 6.07) is 0. The minimum atomic E-state index is -0.929. The highest BCUT2D eigenvalue weighted by atomic mass is 16.5. The van der Waals surface area contributed by atoms with Gasteiger partial charge in [0.1, 0.15) is 6.54 Å². The summed E-state index contributed by atoms with van der Waals surface area (Å²) < 4.78 is 5.99. The van der Waals surface area contributed by atoms with Crippen LogP contribution >= 0.6 is 0 Å². The van der Waals surface area contributed by atoms with Crippen molar-refractivity contribution >= 4 is 11.9 Å². The number of carbonyl (C=O) groups excluding carboxylic acids is 1. The molecule has 0 heterocycles. The molecule has 0 aromatic rings. The number of allylic oxidation sites excluding steroid dienone is 6. The molecule has 34 heavy (non-hydrogen) atoms. The summed E-state index contributed by atoms with van der Waals surface area (Å²) in [5.74, 6) is -1.20. The Morgan fingerprint density at radius 3 is 1.79 bits per heavy atom. The molecule has 0 fully saturated rings. The van der Waals surface area contributed by atoms with Gasteiger partial charge < -0.3 is 14.3 Å². The zero-order valence-electron chi connectivity index (χ0n) is 22.5. The number of hydrogen-bond donors (Lipinski definition) is 1. The van der Waals surface area contributed by atoms with Crippen molar-refractivity contribution in [3.05, 3.63) is 36.5 Å². The highest BCUT2D eigenvalue weighted by Crippen LogP contribution is 2.13. The molecule has 0 aliphatic rings. The first kappa shape index (κ1) is 32.1. The number of likely N-dealkylation sites (N-methyl/N-ethyl adjacent to an activating group) is 1. The number of carboxylic acid groups (broad SMARTS) is 1. The fourth-order valence-electron chi connectivity index (χ4n) is 3.79. The van der Waals surface area contributed by atoms with Gasteiger partial charge >= 0.3 is 11.9 Å². The molecule has 0 radical (unpaired) electrons. The summed E-state index contributed by atoms with van der Waals surface area (Å²) >= 11 is 0. The lowest BCUT2D eigenvalue weighted by molar-refractivity contribution is -0.873. The van der Waals surface area contributed by atoms with Crippen molar-refractivity contribution in [1.29, 1.82) is 0 Å². The smallest absolute Gasteiger partial charge is 0.307 e. The van der Waals surface area contributed by atoms with E-state index in [-0.39, 0.29) is 12.4 Å². The Kier molecular flexibility index (Phi) is 20.4. The number of quaternary nitrogens is 1. The second-order valence-electron chi connectivity index (χ2n) is 10.2. The standard InChI is InChI=1S/C29H51NO4/c1-5-6-7-8-9-10-11-12-13-14-15-16-17-18-19-20-21-22-23-24-29(33)34-27(25-28(31)32)26-30(2,3)4/h6-7,9-10,12-13,27H,5,8,11,14-26H2,1-4H3/p+1/b7-6+,10-9+,13-12+. The predicted molar refractivity (Wildman–Crippen MR) is 143 cm³/mol. The van der Waals surface area contributed by atoms with E-state index in [1.165, 1.54) is 44.9 Å². The first-order valence-electron chi connectivity index (χ1n) is 13.4. The summed E-state index contributed by atoms with van der Waals surface area (Å²) in [5.41, 5.74) is 0. The van der Waals surface area contributed by atoms with Gasteiger partial charge in [0.15, 0.2) is 6.10 Å². The van der Waals surface area contributed by atoms with Gasteiger partial charge in [-0.3, -0.25) is 9.59 Å². The molecule has 5 heteroatoms. The molecule has 0 aliphatic heterocycles. The van der Waals surface area contributed by atoms with Crippen molar-refractivity contribution in [2.75, 3.05) is 27.7 Å². The maximum absolute atomic E-state index is 12.1. The molecule has 0 saturated heterocycles. The number of unbranched alkanes of at least 4 members (excludes halogenated alkanes) is 9. The first-order chi connectivity index (χ1) is 16.2.